The lowest BCUT2D eigenvalue weighted by atomic mass is 10.2. The molecule has 0 fully saturated rings. The molecule has 0 atom stereocenters. The number of hydrogen-bond donors (Lipinski definition) is 0. The second-order valence-electron chi connectivity index (χ2n) is 3.54. The number of benzene rings is 1. The minimum atomic E-state index is 0.818. The Bertz CT molecular complexity index is 682. The lowest BCUT2D eigenvalue weighted by molar-refractivity contribution is 0.598. The first-order valence-corrected chi connectivity index (χ1v) is 5.41. The molecule has 3 aromatic rings. The Morgan fingerprint density at radius 1 is 1.00 bits per heavy atom. The third-order valence-corrected chi connectivity index (χ3v) is 2.97. The number of aromatic nitrogens is 1. The van der Waals surface area contributed by atoms with Crippen LogP contribution in [-0.4, -0.2) is 4.57 Å². The maximum Gasteiger partial charge on any atom is 0.135 e. The van der Waals surface area contributed by atoms with Crippen molar-refractivity contribution in [2.24, 2.45) is 0 Å². The van der Waals surface area contributed by atoms with Gasteiger partial charge in [-0.2, -0.15) is 0 Å². The maximum atomic E-state index is 5.56. The molecule has 2 nitrogen and oxygen atoms in total. The molecule has 0 saturated heterocycles. The summed E-state index contributed by atoms with van der Waals surface area (Å²) in [5, 5.41) is 0.976. The summed E-state index contributed by atoms with van der Waals surface area (Å²) < 4.78 is 8.33. The molecule has 0 unspecified atom stereocenters. The lowest BCUT2D eigenvalue weighted by Gasteiger charge is -2.04. The Morgan fingerprint density at radius 3 is 2.56 bits per heavy atom. The molecule has 78 valence electrons. The van der Waals surface area contributed by atoms with Crippen molar-refractivity contribution in [1.29, 1.82) is 0 Å². The Morgan fingerprint density at radius 2 is 1.75 bits per heavy atom. The van der Waals surface area contributed by atoms with E-state index in [9.17, 15) is 0 Å². The molecule has 3 rings (SSSR count). The van der Waals surface area contributed by atoms with E-state index in [0.29, 0.717) is 0 Å². The van der Waals surface area contributed by atoms with Crippen molar-refractivity contribution in [3.05, 3.63) is 59.6 Å². The first-order chi connectivity index (χ1) is 7.86. The molecule has 0 aliphatic carbocycles. The van der Waals surface area contributed by atoms with Crippen molar-refractivity contribution in [1.82, 2.24) is 4.57 Å². The highest BCUT2D eigenvalue weighted by Crippen LogP contribution is 2.21. The molecule has 0 amide bonds. The first-order valence-electron chi connectivity index (χ1n) is 5.00. The van der Waals surface area contributed by atoms with E-state index in [1.54, 1.807) is 6.26 Å². The largest absolute Gasteiger partial charge is 0.462 e. The molecule has 0 aliphatic rings. The van der Waals surface area contributed by atoms with Gasteiger partial charge >= 0.3 is 0 Å². The summed E-state index contributed by atoms with van der Waals surface area (Å²) in [5.41, 5.74) is 1.72. The van der Waals surface area contributed by atoms with Crippen molar-refractivity contribution < 1.29 is 4.42 Å². The number of nitrogens with zero attached hydrogens (tertiary/aromatic N) is 1. The van der Waals surface area contributed by atoms with Crippen molar-refractivity contribution in [2.45, 2.75) is 0 Å². The molecule has 0 radical (unpaired) electrons. The molecular formula is C13H9NOS. The molecule has 3 heteroatoms. The summed E-state index contributed by atoms with van der Waals surface area (Å²) in [6, 6.07) is 11.7. The van der Waals surface area contributed by atoms with E-state index in [2.05, 4.69) is 0 Å². The van der Waals surface area contributed by atoms with Crippen molar-refractivity contribution in [2.75, 3.05) is 0 Å². The molecule has 2 heterocycles. The van der Waals surface area contributed by atoms with Crippen LogP contribution in [-0.2, 0) is 0 Å². The van der Waals surface area contributed by atoms with Gasteiger partial charge in [0.05, 0.1) is 10.2 Å². The number of para-hydroxylation sites is 1. The lowest BCUT2D eigenvalue weighted by Crippen LogP contribution is -1.90. The fourth-order valence-electron chi connectivity index (χ4n) is 1.74. The van der Waals surface area contributed by atoms with Crippen LogP contribution < -0.4 is 0 Å². The first kappa shape index (κ1) is 9.36. The van der Waals surface area contributed by atoms with Crippen LogP contribution in [0.15, 0.2) is 59.5 Å². The fourth-order valence-corrected chi connectivity index (χ4v) is 2.06. The van der Waals surface area contributed by atoms with Crippen LogP contribution in [0.4, 0.5) is 0 Å². The van der Waals surface area contributed by atoms with Crippen LogP contribution in [0, 0.1) is 4.51 Å². The molecular weight excluding hydrogens is 218 g/mol. The second-order valence-corrected chi connectivity index (χ2v) is 3.94. The molecule has 0 bridgehead atoms. The Labute approximate surface area is 97.8 Å². The molecule has 16 heavy (non-hydrogen) atoms. The summed E-state index contributed by atoms with van der Waals surface area (Å²) in [6.45, 7) is 0. The molecule has 0 saturated carbocycles. The third kappa shape index (κ3) is 1.37. The average Bonchev–Trinajstić information content (AvgIpc) is 2.83. The van der Waals surface area contributed by atoms with Crippen LogP contribution in [0.25, 0.3) is 16.7 Å². The van der Waals surface area contributed by atoms with Crippen molar-refractivity contribution in [3.63, 3.8) is 0 Å². The number of rotatable bonds is 1. The Hall–Kier alpha value is -1.87. The summed E-state index contributed by atoms with van der Waals surface area (Å²) in [7, 11) is 0. The normalized spacial score (nSPS) is 10.8. The highest BCUT2D eigenvalue weighted by Gasteiger charge is 2.03. The average molecular weight is 227 g/mol. The number of fused-ring (bicyclic) bond motifs is 1. The zero-order chi connectivity index (χ0) is 11.0. The summed E-state index contributed by atoms with van der Waals surface area (Å²) in [4.78, 5) is 0. The van der Waals surface area contributed by atoms with Gasteiger partial charge in [0.2, 0.25) is 0 Å². The highest BCUT2D eigenvalue weighted by atomic mass is 32.1. The number of hydrogen-bond acceptors (Lipinski definition) is 2. The van der Waals surface area contributed by atoms with E-state index in [4.69, 9.17) is 16.6 Å². The van der Waals surface area contributed by atoms with Gasteiger partial charge in [-0.3, -0.25) is 0 Å². The van der Waals surface area contributed by atoms with Gasteiger partial charge < -0.3 is 8.98 Å². The third-order valence-electron chi connectivity index (χ3n) is 2.54. The van der Waals surface area contributed by atoms with Gasteiger partial charge in [0, 0.05) is 17.8 Å². The van der Waals surface area contributed by atoms with Gasteiger partial charge in [0.25, 0.3) is 0 Å². The predicted octanol–water partition coefficient (Wildman–Crippen LogP) is 3.95. The van der Waals surface area contributed by atoms with Crippen LogP contribution in [0.1, 0.15) is 0 Å². The van der Waals surface area contributed by atoms with E-state index < -0.39 is 0 Å². The van der Waals surface area contributed by atoms with Crippen LogP contribution in [0.5, 0.6) is 0 Å². The van der Waals surface area contributed by atoms with E-state index in [0.717, 1.165) is 21.2 Å². The fraction of sp³-hybridized carbons (Fsp3) is 0. The Balaban J connectivity index is 2.37. The molecule has 0 aliphatic heterocycles. The summed E-state index contributed by atoms with van der Waals surface area (Å²) >= 11 is 5.46. The summed E-state index contributed by atoms with van der Waals surface area (Å²) in [6.07, 6.45) is 5.61. The standard InChI is InChI=1S/C13H9NOS/c16-13-10-5-1-2-6-12(10)15-9-11(13)14-7-3-4-8-14/h1-9H. The smallest absolute Gasteiger partial charge is 0.135 e. The topological polar surface area (TPSA) is 18.1 Å². The van der Waals surface area contributed by atoms with E-state index in [1.807, 2.05) is 53.4 Å². The monoisotopic (exact) mass is 227 g/mol. The van der Waals surface area contributed by atoms with Gasteiger partial charge in [-0.1, -0.05) is 24.4 Å². The van der Waals surface area contributed by atoms with E-state index >= 15 is 0 Å². The highest BCUT2D eigenvalue weighted by molar-refractivity contribution is 7.71. The van der Waals surface area contributed by atoms with Crippen molar-refractivity contribution in [3.8, 4) is 5.69 Å². The van der Waals surface area contributed by atoms with Crippen molar-refractivity contribution >= 4 is 23.2 Å². The molecule has 0 N–H and O–H groups in total. The van der Waals surface area contributed by atoms with Crippen LogP contribution in [0.2, 0.25) is 0 Å². The maximum absolute atomic E-state index is 5.56. The zero-order valence-corrected chi connectivity index (χ0v) is 9.28. The minimum Gasteiger partial charge on any atom is -0.462 e. The van der Waals surface area contributed by atoms with Gasteiger partial charge in [-0.05, 0) is 24.3 Å². The quantitative estimate of drug-likeness (QED) is 0.586. The van der Waals surface area contributed by atoms with Gasteiger partial charge in [0.1, 0.15) is 11.8 Å². The summed E-state index contributed by atoms with van der Waals surface area (Å²) in [5.74, 6) is 0. The van der Waals surface area contributed by atoms with Gasteiger partial charge in [0.15, 0.2) is 0 Å². The predicted molar refractivity (Wildman–Crippen MR) is 66.4 cm³/mol. The second kappa shape index (κ2) is 3.61. The zero-order valence-electron chi connectivity index (χ0n) is 8.46. The molecule has 2 aromatic heterocycles. The van der Waals surface area contributed by atoms with E-state index in [1.165, 1.54) is 0 Å². The minimum absolute atomic E-state index is 0.818. The van der Waals surface area contributed by atoms with Crippen LogP contribution >= 0.6 is 12.2 Å². The van der Waals surface area contributed by atoms with Gasteiger partial charge in [-0.25, -0.2) is 0 Å². The van der Waals surface area contributed by atoms with Crippen LogP contribution in [0.3, 0.4) is 0 Å². The SMILES string of the molecule is S=c1c(-n2cccc2)coc2ccccc12. The molecule has 1 aromatic carbocycles. The van der Waals surface area contributed by atoms with E-state index in [-0.39, 0.29) is 0 Å². The Kier molecular flexibility index (Phi) is 2.11. The molecule has 0 spiro atoms. The van der Waals surface area contributed by atoms with Gasteiger partial charge in [-0.15, -0.1) is 0 Å².